The van der Waals surface area contributed by atoms with Crippen molar-refractivity contribution in [3.05, 3.63) is 12.7 Å². The second-order valence-corrected chi connectivity index (χ2v) is 5.04. The third kappa shape index (κ3) is 1.96. The van der Waals surface area contributed by atoms with Crippen molar-refractivity contribution in [2.45, 2.75) is 31.0 Å². The summed E-state index contributed by atoms with van der Waals surface area (Å²) in [7, 11) is 0. The molecule has 0 bridgehead atoms. The molecule has 114 valence electrons. The highest BCUT2D eigenvalue weighted by Gasteiger charge is 2.53. The normalized spacial score (nSPS) is 32.7. The number of nitrogens with zero attached hydrogens (tertiary/aromatic N) is 4. The topological polar surface area (TPSA) is 146 Å². The fourth-order valence-electron chi connectivity index (χ4n) is 2.50. The number of fused-ring (bicyclic) bond motifs is 1. The van der Waals surface area contributed by atoms with E-state index in [0.29, 0.717) is 5.65 Å². The summed E-state index contributed by atoms with van der Waals surface area (Å²) in [4.78, 5) is 11.9. The van der Waals surface area contributed by atoms with Crippen molar-refractivity contribution in [1.82, 2.24) is 19.5 Å². The van der Waals surface area contributed by atoms with Crippen molar-refractivity contribution in [2.24, 2.45) is 0 Å². The lowest BCUT2D eigenvalue weighted by atomic mass is 9.96. The Balaban J connectivity index is 2.09. The standard InChI is InChI=1S/C11H15N5O5/c1-11(19)7(18)5(2-17)21-10(11)16-4-14-6-8(15-20)12-3-13-9(6)16/h3-5,7,10,17-20H,2H2,1H3,(H,12,13,15)/t5-,7-,10-,11-/m1/s1. The number of hydrogen-bond acceptors (Lipinski definition) is 9. The fourth-order valence-corrected chi connectivity index (χ4v) is 2.50. The van der Waals surface area contributed by atoms with E-state index in [1.807, 2.05) is 5.48 Å². The van der Waals surface area contributed by atoms with Gasteiger partial charge in [-0.25, -0.2) is 15.0 Å². The van der Waals surface area contributed by atoms with E-state index in [2.05, 4.69) is 15.0 Å². The number of aliphatic hydroxyl groups is 3. The van der Waals surface area contributed by atoms with Gasteiger partial charge in [-0.15, -0.1) is 0 Å². The van der Waals surface area contributed by atoms with Crippen molar-refractivity contribution in [1.29, 1.82) is 0 Å². The highest BCUT2D eigenvalue weighted by atomic mass is 16.6. The number of nitrogens with one attached hydrogen (secondary N) is 1. The summed E-state index contributed by atoms with van der Waals surface area (Å²) in [5.74, 6) is 0.107. The largest absolute Gasteiger partial charge is 0.394 e. The van der Waals surface area contributed by atoms with Gasteiger partial charge in [-0.2, -0.15) is 0 Å². The lowest BCUT2D eigenvalue weighted by Gasteiger charge is -2.27. The summed E-state index contributed by atoms with van der Waals surface area (Å²) in [5, 5.41) is 38.6. The maximum absolute atomic E-state index is 10.4. The maximum Gasteiger partial charge on any atom is 0.181 e. The van der Waals surface area contributed by atoms with E-state index in [4.69, 9.17) is 9.94 Å². The molecule has 0 unspecified atom stereocenters. The number of imidazole rings is 1. The predicted octanol–water partition coefficient (Wildman–Crippen LogP) is -1.37. The molecule has 0 saturated carbocycles. The second-order valence-electron chi connectivity index (χ2n) is 5.04. The molecule has 3 rings (SSSR count). The van der Waals surface area contributed by atoms with Gasteiger partial charge < -0.3 is 20.1 Å². The SMILES string of the molecule is C[C@@]1(O)[C@H](O)[C@@H](CO)O[C@H]1n1cnc2c(NO)ncnc21. The predicted molar refractivity (Wildman–Crippen MR) is 68.4 cm³/mol. The molecule has 1 fully saturated rings. The van der Waals surface area contributed by atoms with E-state index >= 15 is 0 Å². The smallest absolute Gasteiger partial charge is 0.181 e. The van der Waals surface area contributed by atoms with Crippen LogP contribution >= 0.6 is 0 Å². The van der Waals surface area contributed by atoms with Gasteiger partial charge in [0.2, 0.25) is 0 Å². The van der Waals surface area contributed by atoms with Gasteiger partial charge in [-0.1, -0.05) is 0 Å². The Morgan fingerprint density at radius 2 is 2.19 bits per heavy atom. The highest BCUT2D eigenvalue weighted by Crippen LogP contribution is 2.39. The summed E-state index contributed by atoms with van der Waals surface area (Å²) < 4.78 is 6.91. The molecule has 3 heterocycles. The van der Waals surface area contributed by atoms with Crippen molar-refractivity contribution >= 4 is 17.0 Å². The molecule has 0 aromatic carbocycles. The summed E-state index contributed by atoms with van der Waals surface area (Å²) in [6.07, 6.45) is -0.605. The first-order valence-electron chi connectivity index (χ1n) is 6.25. The Labute approximate surface area is 118 Å². The first-order chi connectivity index (χ1) is 10.0. The van der Waals surface area contributed by atoms with Crippen LogP contribution in [-0.2, 0) is 4.74 Å². The van der Waals surface area contributed by atoms with Crippen LogP contribution in [0.1, 0.15) is 13.2 Å². The molecule has 1 aliphatic rings. The number of rotatable bonds is 3. The molecular formula is C11H15N5O5. The van der Waals surface area contributed by atoms with Crippen LogP contribution in [0.4, 0.5) is 5.82 Å². The van der Waals surface area contributed by atoms with Crippen LogP contribution in [-0.4, -0.2) is 64.5 Å². The molecule has 21 heavy (non-hydrogen) atoms. The van der Waals surface area contributed by atoms with Crippen molar-refractivity contribution in [3.63, 3.8) is 0 Å². The van der Waals surface area contributed by atoms with E-state index in [9.17, 15) is 15.3 Å². The van der Waals surface area contributed by atoms with E-state index in [-0.39, 0.29) is 11.3 Å². The summed E-state index contributed by atoms with van der Waals surface area (Å²) in [6.45, 7) is 0.967. The fraction of sp³-hybridized carbons (Fsp3) is 0.545. The number of hydrogen-bond donors (Lipinski definition) is 5. The van der Waals surface area contributed by atoms with Gasteiger partial charge in [0.1, 0.15) is 24.1 Å². The van der Waals surface area contributed by atoms with E-state index < -0.39 is 30.6 Å². The number of aliphatic hydroxyl groups excluding tert-OH is 2. The molecule has 10 nitrogen and oxygen atoms in total. The van der Waals surface area contributed by atoms with Crippen LogP contribution in [0.15, 0.2) is 12.7 Å². The minimum Gasteiger partial charge on any atom is -0.394 e. The van der Waals surface area contributed by atoms with Crippen LogP contribution in [0.2, 0.25) is 0 Å². The van der Waals surface area contributed by atoms with Gasteiger partial charge in [-0.05, 0) is 6.92 Å². The molecule has 4 atom stereocenters. The van der Waals surface area contributed by atoms with E-state index in [1.54, 1.807) is 0 Å². The van der Waals surface area contributed by atoms with Crippen molar-refractivity contribution in [3.8, 4) is 0 Å². The van der Waals surface area contributed by atoms with Gasteiger partial charge in [0.15, 0.2) is 23.2 Å². The molecule has 2 aromatic heterocycles. The monoisotopic (exact) mass is 297 g/mol. The Hall–Kier alpha value is -1.85. The highest BCUT2D eigenvalue weighted by molar-refractivity contribution is 5.82. The first kappa shape index (κ1) is 14.1. The zero-order chi connectivity index (χ0) is 15.2. The summed E-state index contributed by atoms with van der Waals surface area (Å²) in [5.41, 5.74) is 0.846. The van der Waals surface area contributed by atoms with Crippen LogP contribution < -0.4 is 5.48 Å². The molecule has 1 aliphatic heterocycles. The van der Waals surface area contributed by atoms with Crippen LogP contribution in [0.3, 0.4) is 0 Å². The Kier molecular flexibility index (Phi) is 3.26. The number of aromatic nitrogens is 4. The average Bonchev–Trinajstić information content (AvgIpc) is 2.99. The molecule has 10 heteroatoms. The third-order valence-corrected chi connectivity index (χ3v) is 3.65. The Bertz CT molecular complexity index is 659. The number of anilines is 1. The lowest BCUT2D eigenvalue weighted by Crippen LogP contribution is -2.44. The van der Waals surface area contributed by atoms with Gasteiger partial charge in [-0.3, -0.25) is 15.3 Å². The molecule has 0 amide bonds. The average molecular weight is 297 g/mol. The summed E-state index contributed by atoms with van der Waals surface area (Å²) in [6, 6.07) is 0. The molecule has 5 N–H and O–H groups in total. The number of ether oxygens (including phenoxy) is 1. The lowest BCUT2D eigenvalue weighted by molar-refractivity contribution is -0.0950. The van der Waals surface area contributed by atoms with E-state index in [1.165, 1.54) is 24.1 Å². The molecule has 0 aliphatic carbocycles. The molecule has 0 radical (unpaired) electrons. The minimum absolute atomic E-state index is 0.107. The first-order valence-corrected chi connectivity index (χ1v) is 6.25. The Morgan fingerprint density at radius 1 is 1.43 bits per heavy atom. The quantitative estimate of drug-likeness (QED) is 0.433. The van der Waals surface area contributed by atoms with Crippen molar-refractivity contribution in [2.75, 3.05) is 12.1 Å². The van der Waals surface area contributed by atoms with E-state index in [0.717, 1.165) is 0 Å². The molecule has 1 saturated heterocycles. The van der Waals surface area contributed by atoms with Crippen molar-refractivity contribution < 1.29 is 25.3 Å². The summed E-state index contributed by atoms with van der Waals surface area (Å²) >= 11 is 0. The van der Waals surface area contributed by atoms with Gasteiger partial charge >= 0.3 is 0 Å². The minimum atomic E-state index is -1.64. The zero-order valence-corrected chi connectivity index (χ0v) is 11.1. The second kappa shape index (κ2) is 4.86. The van der Waals surface area contributed by atoms with Gasteiger partial charge in [0.05, 0.1) is 12.9 Å². The Morgan fingerprint density at radius 3 is 2.81 bits per heavy atom. The molecule has 2 aromatic rings. The van der Waals surface area contributed by atoms with Crippen LogP contribution in [0.5, 0.6) is 0 Å². The zero-order valence-electron chi connectivity index (χ0n) is 11.1. The maximum atomic E-state index is 10.4. The third-order valence-electron chi connectivity index (χ3n) is 3.65. The van der Waals surface area contributed by atoms with Crippen LogP contribution in [0, 0.1) is 0 Å². The van der Waals surface area contributed by atoms with Gasteiger partial charge in [0, 0.05) is 0 Å². The van der Waals surface area contributed by atoms with Gasteiger partial charge in [0.25, 0.3) is 0 Å². The molecular weight excluding hydrogens is 282 g/mol. The van der Waals surface area contributed by atoms with Crippen LogP contribution in [0.25, 0.3) is 11.2 Å². The molecule has 0 spiro atoms.